The Labute approximate surface area is 124 Å². The third-order valence-electron chi connectivity index (χ3n) is 2.84. The highest BCUT2D eigenvalue weighted by molar-refractivity contribution is 9.10. The molecule has 104 valence electrons. The number of nitrogens with one attached hydrogen (secondary N) is 1. The van der Waals surface area contributed by atoms with E-state index in [1.807, 2.05) is 0 Å². The molecule has 2 aromatic rings. The van der Waals surface area contributed by atoms with E-state index in [2.05, 4.69) is 21.2 Å². The molecule has 5 heteroatoms. The maximum atomic E-state index is 13.2. The highest BCUT2D eigenvalue weighted by Gasteiger charge is 2.10. The molecular formula is C15H13BrFNO2. The van der Waals surface area contributed by atoms with Crippen molar-refractivity contribution in [2.24, 2.45) is 0 Å². The monoisotopic (exact) mass is 337 g/mol. The van der Waals surface area contributed by atoms with Crippen LogP contribution in [0, 0.1) is 12.7 Å². The summed E-state index contributed by atoms with van der Waals surface area (Å²) < 4.78 is 19.0. The van der Waals surface area contributed by atoms with Gasteiger partial charge in [-0.2, -0.15) is 0 Å². The number of hydrogen-bond acceptors (Lipinski definition) is 2. The molecule has 0 radical (unpaired) electrons. The molecule has 0 saturated heterocycles. The third-order valence-corrected chi connectivity index (χ3v) is 3.53. The van der Waals surface area contributed by atoms with Gasteiger partial charge in [-0.25, -0.2) is 4.39 Å². The summed E-state index contributed by atoms with van der Waals surface area (Å²) in [4.78, 5) is 12.1. The SMILES string of the molecule is COc1ccc(Br)c(NC(=O)c2ccc(F)c(C)c2)c1. The van der Waals surface area contributed by atoms with Crippen molar-refractivity contribution in [1.29, 1.82) is 0 Å². The van der Waals surface area contributed by atoms with E-state index >= 15 is 0 Å². The van der Waals surface area contributed by atoms with Crippen LogP contribution in [0.25, 0.3) is 0 Å². The minimum atomic E-state index is -0.330. The molecule has 3 nitrogen and oxygen atoms in total. The first kappa shape index (κ1) is 14.5. The predicted octanol–water partition coefficient (Wildman–Crippen LogP) is 4.16. The van der Waals surface area contributed by atoms with Crippen LogP contribution in [-0.4, -0.2) is 13.0 Å². The summed E-state index contributed by atoms with van der Waals surface area (Å²) in [5, 5.41) is 2.76. The number of benzene rings is 2. The van der Waals surface area contributed by atoms with E-state index in [4.69, 9.17) is 4.74 Å². The molecule has 2 aromatic carbocycles. The molecule has 0 spiro atoms. The highest BCUT2D eigenvalue weighted by Crippen LogP contribution is 2.27. The van der Waals surface area contributed by atoms with Crippen molar-refractivity contribution in [2.45, 2.75) is 6.92 Å². The van der Waals surface area contributed by atoms with Gasteiger partial charge < -0.3 is 10.1 Å². The zero-order valence-electron chi connectivity index (χ0n) is 11.0. The van der Waals surface area contributed by atoms with Crippen LogP contribution in [0.2, 0.25) is 0 Å². The van der Waals surface area contributed by atoms with Gasteiger partial charge >= 0.3 is 0 Å². The van der Waals surface area contributed by atoms with Crippen molar-refractivity contribution in [3.8, 4) is 5.75 Å². The first-order chi connectivity index (χ1) is 9.51. The molecule has 0 bridgehead atoms. The number of anilines is 1. The smallest absolute Gasteiger partial charge is 0.255 e. The number of ether oxygens (including phenoxy) is 1. The number of carbonyl (C=O) groups is 1. The average molecular weight is 338 g/mol. The fraction of sp³-hybridized carbons (Fsp3) is 0.133. The lowest BCUT2D eigenvalue weighted by Gasteiger charge is -2.10. The minimum absolute atomic E-state index is 0.304. The van der Waals surface area contributed by atoms with Crippen molar-refractivity contribution < 1.29 is 13.9 Å². The molecule has 0 atom stereocenters. The maximum Gasteiger partial charge on any atom is 0.255 e. The normalized spacial score (nSPS) is 10.2. The van der Waals surface area contributed by atoms with Crippen LogP contribution in [-0.2, 0) is 0 Å². The van der Waals surface area contributed by atoms with Gasteiger partial charge in [0.25, 0.3) is 5.91 Å². The second-order valence-corrected chi connectivity index (χ2v) is 5.12. The molecular weight excluding hydrogens is 325 g/mol. The fourth-order valence-electron chi connectivity index (χ4n) is 1.71. The molecule has 1 N–H and O–H groups in total. The summed E-state index contributed by atoms with van der Waals surface area (Å²) in [5.41, 5.74) is 1.43. The molecule has 0 heterocycles. The number of carbonyl (C=O) groups excluding carboxylic acids is 1. The Morgan fingerprint density at radius 3 is 2.65 bits per heavy atom. The molecule has 2 rings (SSSR count). The van der Waals surface area contributed by atoms with E-state index < -0.39 is 0 Å². The van der Waals surface area contributed by atoms with Crippen LogP contribution in [0.5, 0.6) is 5.75 Å². The standard InChI is InChI=1S/C15H13BrFNO2/c1-9-7-10(3-6-13(9)17)15(19)18-14-8-11(20-2)4-5-12(14)16/h3-8H,1-2H3,(H,18,19). The largest absolute Gasteiger partial charge is 0.497 e. The number of amides is 1. The average Bonchev–Trinajstić information content (AvgIpc) is 2.44. The number of rotatable bonds is 3. The number of aryl methyl sites for hydroxylation is 1. The summed E-state index contributed by atoms with van der Waals surface area (Å²) in [6, 6.07) is 9.51. The summed E-state index contributed by atoms with van der Waals surface area (Å²) in [5.74, 6) is 0.00458. The van der Waals surface area contributed by atoms with E-state index in [0.29, 0.717) is 22.6 Å². The van der Waals surface area contributed by atoms with Crippen molar-refractivity contribution in [3.63, 3.8) is 0 Å². The van der Waals surface area contributed by atoms with Crippen LogP contribution < -0.4 is 10.1 Å². The van der Waals surface area contributed by atoms with Gasteiger partial charge in [0.05, 0.1) is 12.8 Å². The first-order valence-electron chi connectivity index (χ1n) is 5.92. The van der Waals surface area contributed by atoms with Gasteiger partial charge in [0.2, 0.25) is 0 Å². The third kappa shape index (κ3) is 3.17. The van der Waals surface area contributed by atoms with Gasteiger partial charge in [-0.1, -0.05) is 0 Å². The summed E-state index contributed by atoms with van der Waals surface area (Å²) in [6.45, 7) is 1.62. The topological polar surface area (TPSA) is 38.3 Å². The molecule has 0 aliphatic heterocycles. The quantitative estimate of drug-likeness (QED) is 0.913. The fourth-order valence-corrected chi connectivity index (χ4v) is 2.05. The summed E-state index contributed by atoms with van der Waals surface area (Å²) >= 11 is 3.36. The minimum Gasteiger partial charge on any atom is -0.497 e. The zero-order chi connectivity index (χ0) is 14.7. The van der Waals surface area contributed by atoms with Gasteiger partial charge in [0, 0.05) is 16.1 Å². The van der Waals surface area contributed by atoms with Crippen LogP contribution in [0.15, 0.2) is 40.9 Å². The van der Waals surface area contributed by atoms with E-state index in [1.165, 1.54) is 18.2 Å². The molecule has 0 aliphatic carbocycles. The Morgan fingerprint density at radius 1 is 1.25 bits per heavy atom. The van der Waals surface area contributed by atoms with E-state index in [0.717, 1.165) is 4.47 Å². The van der Waals surface area contributed by atoms with E-state index in [-0.39, 0.29) is 11.7 Å². The Bertz CT molecular complexity index is 658. The summed E-state index contributed by atoms with van der Waals surface area (Å²) in [6.07, 6.45) is 0. The Balaban J connectivity index is 2.25. The molecule has 0 saturated carbocycles. The van der Waals surface area contributed by atoms with Crippen molar-refractivity contribution in [2.75, 3.05) is 12.4 Å². The number of hydrogen-bond donors (Lipinski definition) is 1. The van der Waals surface area contributed by atoms with Crippen molar-refractivity contribution >= 4 is 27.5 Å². The van der Waals surface area contributed by atoms with E-state index in [9.17, 15) is 9.18 Å². The van der Waals surface area contributed by atoms with Gasteiger partial charge in [0.1, 0.15) is 11.6 Å². The van der Waals surface area contributed by atoms with Crippen molar-refractivity contribution in [3.05, 3.63) is 57.8 Å². The van der Waals surface area contributed by atoms with Crippen LogP contribution in [0.3, 0.4) is 0 Å². The Hall–Kier alpha value is -1.88. The van der Waals surface area contributed by atoms with Gasteiger partial charge in [0.15, 0.2) is 0 Å². The van der Waals surface area contributed by atoms with Crippen LogP contribution in [0.1, 0.15) is 15.9 Å². The second kappa shape index (κ2) is 6.05. The zero-order valence-corrected chi connectivity index (χ0v) is 12.6. The molecule has 1 amide bonds. The van der Waals surface area contributed by atoms with Crippen LogP contribution >= 0.6 is 15.9 Å². The number of methoxy groups -OCH3 is 1. The molecule has 0 aliphatic rings. The Morgan fingerprint density at radius 2 is 2.00 bits per heavy atom. The lowest BCUT2D eigenvalue weighted by molar-refractivity contribution is 0.102. The summed E-state index contributed by atoms with van der Waals surface area (Å²) in [7, 11) is 1.55. The molecule has 20 heavy (non-hydrogen) atoms. The molecule has 0 unspecified atom stereocenters. The predicted molar refractivity (Wildman–Crippen MR) is 79.8 cm³/mol. The van der Waals surface area contributed by atoms with Crippen molar-refractivity contribution in [1.82, 2.24) is 0 Å². The lowest BCUT2D eigenvalue weighted by atomic mass is 10.1. The maximum absolute atomic E-state index is 13.2. The van der Waals surface area contributed by atoms with Gasteiger partial charge in [-0.3, -0.25) is 4.79 Å². The van der Waals surface area contributed by atoms with Gasteiger partial charge in [-0.15, -0.1) is 0 Å². The first-order valence-corrected chi connectivity index (χ1v) is 6.71. The highest BCUT2D eigenvalue weighted by atomic mass is 79.9. The van der Waals surface area contributed by atoms with Crippen LogP contribution in [0.4, 0.5) is 10.1 Å². The van der Waals surface area contributed by atoms with E-state index in [1.54, 1.807) is 32.2 Å². The number of halogens is 2. The lowest BCUT2D eigenvalue weighted by Crippen LogP contribution is -2.12. The molecule has 0 aromatic heterocycles. The second-order valence-electron chi connectivity index (χ2n) is 4.26. The van der Waals surface area contributed by atoms with Gasteiger partial charge in [-0.05, 0) is 58.7 Å². The Kier molecular flexibility index (Phi) is 4.39. The molecule has 0 fully saturated rings.